The first-order chi connectivity index (χ1) is 21.3. The lowest BCUT2D eigenvalue weighted by Gasteiger charge is -2.22. The van der Waals surface area contributed by atoms with Gasteiger partial charge < -0.3 is 20.3 Å². The van der Waals surface area contributed by atoms with Crippen molar-refractivity contribution in [2.75, 3.05) is 5.32 Å². The van der Waals surface area contributed by atoms with Crippen molar-refractivity contribution in [1.82, 2.24) is 9.88 Å². The number of hydrogen-bond acceptors (Lipinski definition) is 5. The van der Waals surface area contributed by atoms with E-state index < -0.39 is 65.2 Å². The molecule has 0 radical (unpaired) electrons. The highest BCUT2D eigenvalue weighted by atomic mass is 19.4. The number of nitrogens with zero attached hydrogens (tertiary/aromatic N) is 2. The van der Waals surface area contributed by atoms with Crippen molar-refractivity contribution in [3.63, 3.8) is 0 Å². The summed E-state index contributed by atoms with van der Waals surface area (Å²) in [6.07, 6.45) is -8.33. The molecular formula is C31H29F7N4O4. The number of rotatable bonds is 11. The highest BCUT2D eigenvalue weighted by Gasteiger charge is 2.38. The number of anilines is 1. The summed E-state index contributed by atoms with van der Waals surface area (Å²) < 4.78 is 95.7. The van der Waals surface area contributed by atoms with E-state index in [1.165, 1.54) is 32.1 Å². The minimum absolute atomic E-state index is 0.0431. The highest BCUT2D eigenvalue weighted by Crippen LogP contribution is 2.38. The topological polar surface area (TPSA) is 113 Å². The number of hydrogen-bond donors (Lipinski definition) is 3. The van der Waals surface area contributed by atoms with Gasteiger partial charge in [-0.3, -0.25) is 14.6 Å². The van der Waals surface area contributed by atoms with Gasteiger partial charge in [-0.2, -0.15) is 26.3 Å². The third-order valence-electron chi connectivity index (χ3n) is 7.16. The van der Waals surface area contributed by atoms with Crippen LogP contribution < -0.4 is 16.2 Å². The number of carbonyl (C=O) groups excluding carboxylic acids is 1. The largest absolute Gasteiger partial charge is 0.480 e. The molecule has 0 saturated carbocycles. The highest BCUT2D eigenvalue weighted by molar-refractivity contribution is 5.98. The Morgan fingerprint density at radius 1 is 1.11 bits per heavy atom. The predicted octanol–water partition coefficient (Wildman–Crippen LogP) is 6.67. The first-order valence-corrected chi connectivity index (χ1v) is 13.5. The minimum atomic E-state index is -4.77. The summed E-state index contributed by atoms with van der Waals surface area (Å²) in [5.41, 5.74) is -2.96. The van der Waals surface area contributed by atoms with E-state index in [1.807, 2.05) is 0 Å². The van der Waals surface area contributed by atoms with Gasteiger partial charge in [0.1, 0.15) is 17.9 Å². The standard InChI is InChI=1S/C31H29F7N4O4/c1-6-19-16(8-9-20(26(19)39-4)21-12-17(30(33,34)35)14-42(5)28(21)44)11-23(29(45)46)41-27(43)25-15(3)10-18(13-22(25)32)40-24(7-2)31(36,37)38/h6,8-10,12-14,23-24,40H,1,4,7,11H2,2-3,5H3,(H,41,43)(H,45,46)/t23-,24+/m0/s1. The Labute approximate surface area is 258 Å². The van der Waals surface area contributed by atoms with Crippen molar-refractivity contribution in [2.45, 2.75) is 51.1 Å². The second-order valence-electron chi connectivity index (χ2n) is 10.3. The van der Waals surface area contributed by atoms with E-state index in [4.69, 9.17) is 0 Å². The van der Waals surface area contributed by atoms with E-state index >= 15 is 4.39 Å². The molecule has 1 aromatic heterocycles. The number of pyridine rings is 1. The molecule has 1 heterocycles. The van der Waals surface area contributed by atoms with Crippen molar-refractivity contribution in [3.8, 4) is 11.1 Å². The van der Waals surface area contributed by atoms with Gasteiger partial charge in [0.25, 0.3) is 11.5 Å². The molecular weight excluding hydrogens is 625 g/mol. The van der Waals surface area contributed by atoms with E-state index in [-0.39, 0.29) is 45.6 Å². The van der Waals surface area contributed by atoms with Crippen LogP contribution in [0, 0.1) is 12.7 Å². The average Bonchev–Trinajstić information content (AvgIpc) is 2.94. The molecule has 3 aromatic rings. The number of carbonyl (C=O) groups is 2. The van der Waals surface area contributed by atoms with Crippen molar-refractivity contribution >= 4 is 36.0 Å². The van der Waals surface area contributed by atoms with Gasteiger partial charge in [-0.1, -0.05) is 31.7 Å². The molecule has 0 aliphatic carbocycles. The lowest BCUT2D eigenvalue weighted by atomic mass is 9.92. The number of aryl methyl sites for hydroxylation is 2. The zero-order valence-electron chi connectivity index (χ0n) is 24.7. The Morgan fingerprint density at radius 2 is 1.76 bits per heavy atom. The Morgan fingerprint density at radius 3 is 2.26 bits per heavy atom. The quantitative estimate of drug-likeness (QED) is 0.158. The molecule has 46 heavy (non-hydrogen) atoms. The third kappa shape index (κ3) is 7.64. The van der Waals surface area contributed by atoms with Crippen molar-refractivity contribution in [2.24, 2.45) is 12.0 Å². The molecule has 0 bridgehead atoms. The molecule has 0 fully saturated rings. The van der Waals surface area contributed by atoms with Crippen LogP contribution >= 0.6 is 0 Å². The van der Waals surface area contributed by atoms with E-state index in [9.17, 15) is 45.8 Å². The van der Waals surface area contributed by atoms with E-state index in [0.29, 0.717) is 18.3 Å². The molecule has 0 aliphatic heterocycles. The fourth-order valence-electron chi connectivity index (χ4n) is 4.88. The zero-order chi connectivity index (χ0) is 34.7. The van der Waals surface area contributed by atoms with Gasteiger partial charge in [0.2, 0.25) is 0 Å². The molecule has 3 rings (SSSR count). The first-order valence-electron chi connectivity index (χ1n) is 13.5. The van der Waals surface area contributed by atoms with Gasteiger partial charge in [0.05, 0.1) is 16.8 Å². The molecule has 246 valence electrons. The summed E-state index contributed by atoms with van der Waals surface area (Å²) in [4.78, 5) is 41.9. The Hall–Kier alpha value is -4.95. The summed E-state index contributed by atoms with van der Waals surface area (Å²) in [6.45, 7) is 9.64. The fourth-order valence-corrected chi connectivity index (χ4v) is 4.88. The molecule has 15 heteroatoms. The average molecular weight is 655 g/mol. The molecule has 2 atom stereocenters. The fraction of sp³-hybridized carbons (Fsp3) is 0.290. The van der Waals surface area contributed by atoms with Gasteiger partial charge in [0.15, 0.2) is 0 Å². The Bertz CT molecular complexity index is 1720. The maximum absolute atomic E-state index is 15.0. The van der Waals surface area contributed by atoms with Crippen LogP contribution in [0.15, 0.2) is 52.9 Å². The number of alkyl halides is 6. The van der Waals surface area contributed by atoms with Crippen molar-refractivity contribution < 1.29 is 45.4 Å². The smallest absolute Gasteiger partial charge is 0.417 e. The maximum Gasteiger partial charge on any atom is 0.417 e. The number of amides is 1. The maximum atomic E-state index is 15.0. The van der Waals surface area contributed by atoms with Crippen molar-refractivity contribution in [3.05, 3.63) is 87.1 Å². The van der Waals surface area contributed by atoms with Crippen LogP contribution in [-0.2, 0) is 24.4 Å². The number of aromatic nitrogens is 1. The number of benzene rings is 2. The SMILES string of the molecule is C=Cc1c(C[C@H](NC(=O)c2c(C)cc(N[C@H](CC)C(F)(F)F)cc2F)C(=O)O)ccc(-c2cc(C(F)(F)F)cn(C)c2=O)c1N=C. The Balaban J connectivity index is 1.99. The molecule has 0 unspecified atom stereocenters. The monoisotopic (exact) mass is 654 g/mol. The van der Waals surface area contributed by atoms with Crippen LogP contribution in [0.4, 0.5) is 42.1 Å². The minimum Gasteiger partial charge on any atom is -0.480 e. The van der Waals surface area contributed by atoms with Crippen LogP contribution in [0.5, 0.6) is 0 Å². The first kappa shape index (κ1) is 35.5. The molecule has 0 aliphatic rings. The lowest BCUT2D eigenvalue weighted by Crippen LogP contribution is -2.43. The van der Waals surface area contributed by atoms with Gasteiger partial charge in [-0.25, -0.2) is 9.18 Å². The molecule has 8 nitrogen and oxygen atoms in total. The number of nitrogens with one attached hydrogen (secondary N) is 2. The third-order valence-corrected chi connectivity index (χ3v) is 7.16. The second kappa shape index (κ2) is 13.6. The van der Waals surface area contributed by atoms with Crippen molar-refractivity contribution in [1.29, 1.82) is 0 Å². The van der Waals surface area contributed by atoms with Gasteiger partial charge in [-0.05, 0) is 49.4 Å². The number of halogens is 7. The summed E-state index contributed by atoms with van der Waals surface area (Å²) in [5.74, 6) is -3.90. The molecule has 1 amide bonds. The van der Waals surface area contributed by atoms with Crippen LogP contribution in [-0.4, -0.2) is 46.5 Å². The predicted molar refractivity (Wildman–Crippen MR) is 159 cm³/mol. The van der Waals surface area contributed by atoms with E-state index in [1.54, 1.807) is 0 Å². The summed E-state index contributed by atoms with van der Waals surface area (Å²) in [6, 6.07) is 1.38. The number of aliphatic imine (C=N–C) groups is 1. The lowest BCUT2D eigenvalue weighted by molar-refractivity contribution is -0.143. The second-order valence-corrected chi connectivity index (χ2v) is 10.3. The number of aliphatic carboxylic acids is 1. The molecule has 0 saturated heterocycles. The van der Waals surface area contributed by atoms with E-state index in [0.717, 1.165) is 17.7 Å². The van der Waals surface area contributed by atoms with Crippen LogP contribution in [0.3, 0.4) is 0 Å². The Kier molecular flexibility index (Phi) is 10.5. The summed E-state index contributed by atoms with van der Waals surface area (Å²) in [7, 11) is 1.14. The molecule has 2 aromatic carbocycles. The van der Waals surface area contributed by atoms with Crippen LogP contribution in [0.2, 0.25) is 0 Å². The normalized spacial score (nSPS) is 13.1. The van der Waals surface area contributed by atoms with Gasteiger partial charge >= 0.3 is 18.3 Å². The summed E-state index contributed by atoms with van der Waals surface area (Å²) in [5, 5.41) is 14.2. The van der Waals surface area contributed by atoms with Crippen LogP contribution in [0.1, 0.15) is 46.0 Å². The zero-order valence-corrected chi connectivity index (χ0v) is 24.7. The summed E-state index contributed by atoms with van der Waals surface area (Å²) >= 11 is 0. The number of carboxylic acid groups (broad SMARTS) is 1. The molecule has 0 spiro atoms. The van der Waals surface area contributed by atoms with Gasteiger partial charge in [-0.15, -0.1) is 0 Å². The van der Waals surface area contributed by atoms with E-state index in [2.05, 4.69) is 28.9 Å². The van der Waals surface area contributed by atoms with Crippen LogP contribution in [0.25, 0.3) is 17.2 Å². The number of carboxylic acids is 1. The molecule has 3 N–H and O–H groups in total. The van der Waals surface area contributed by atoms with Gasteiger partial charge in [0, 0.05) is 42.0 Å².